The van der Waals surface area contributed by atoms with Crippen molar-refractivity contribution in [1.29, 1.82) is 0 Å². The van der Waals surface area contributed by atoms with E-state index in [9.17, 15) is 17.6 Å². The Balaban J connectivity index is 2.36. The van der Waals surface area contributed by atoms with Crippen LogP contribution in [0.1, 0.15) is 49.3 Å². The molecule has 112 valence electrons. The Bertz CT molecular complexity index is 481. The average Bonchev–Trinajstić information content (AvgIpc) is 2.40. The minimum absolute atomic E-state index is 0.0119. The SMILES string of the molecule is N[C@H](c1cc(C(F)(F)F)cc(Cl)c1F)C1CCCCC1. The third-order valence-electron chi connectivity index (χ3n) is 3.90. The number of nitrogens with two attached hydrogens (primary N) is 1. The van der Waals surface area contributed by atoms with Crippen LogP contribution < -0.4 is 5.73 Å². The van der Waals surface area contributed by atoms with Gasteiger partial charge in [-0.05, 0) is 30.9 Å². The lowest BCUT2D eigenvalue weighted by Gasteiger charge is -2.28. The van der Waals surface area contributed by atoms with Crippen LogP contribution in [-0.4, -0.2) is 0 Å². The number of alkyl halides is 3. The molecular weight excluding hydrogens is 294 g/mol. The standard InChI is InChI=1S/C14H16ClF4N/c15-11-7-9(14(17,18)19)6-10(12(11)16)13(20)8-4-2-1-3-5-8/h6-8,13H,1-5,20H2/t13-/m0/s1. The molecule has 0 unspecified atom stereocenters. The Hall–Kier alpha value is -0.810. The monoisotopic (exact) mass is 309 g/mol. The van der Waals surface area contributed by atoms with Crippen LogP contribution in [0.5, 0.6) is 0 Å². The summed E-state index contributed by atoms with van der Waals surface area (Å²) in [5, 5.41) is -0.527. The lowest BCUT2D eigenvalue weighted by Crippen LogP contribution is -2.25. The molecule has 1 aromatic rings. The van der Waals surface area contributed by atoms with Gasteiger partial charge in [-0.2, -0.15) is 13.2 Å². The van der Waals surface area contributed by atoms with Crippen molar-refractivity contribution < 1.29 is 17.6 Å². The largest absolute Gasteiger partial charge is 0.416 e. The average molecular weight is 310 g/mol. The summed E-state index contributed by atoms with van der Waals surface area (Å²) in [5.41, 5.74) is 4.90. The topological polar surface area (TPSA) is 26.0 Å². The minimum Gasteiger partial charge on any atom is -0.324 e. The number of hydrogen-bond donors (Lipinski definition) is 1. The molecule has 0 amide bonds. The molecule has 2 rings (SSSR count). The van der Waals surface area contributed by atoms with Crippen molar-refractivity contribution in [3.05, 3.63) is 34.1 Å². The van der Waals surface area contributed by atoms with Crippen molar-refractivity contribution in [2.75, 3.05) is 0 Å². The van der Waals surface area contributed by atoms with Crippen molar-refractivity contribution in [1.82, 2.24) is 0 Å². The molecule has 0 aliphatic heterocycles. The molecular formula is C14H16ClF4N. The van der Waals surface area contributed by atoms with Gasteiger partial charge in [0, 0.05) is 11.6 Å². The van der Waals surface area contributed by atoms with E-state index in [2.05, 4.69) is 0 Å². The van der Waals surface area contributed by atoms with Gasteiger partial charge >= 0.3 is 6.18 Å². The molecule has 0 bridgehead atoms. The second-order valence-electron chi connectivity index (χ2n) is 5.28. The Morgan fingerprint density at radius 2 is 1.75 bits per heavy atom. The number of rotatable bonds is 2. The molecule has 2 N–H and O–H groups in total. The number of hydrogen-bond acceptors (Lipinski definition) is 1. The molecule has 1 fully saturated rings. The van der Waals surface area contributed by atoms with Gasteiger partial charge in [-0.3, -0.25) is 0 Å². The van der Waals surface area contributed by atoms with Gasteiger partial charge in [0.2, 0.25) is 0 Å². The lowest BCUT2D eigenvalue weighted by molar-refractivity contribution is -0.137. The van der Waals surface area contributed by atoms with Crippen LogP contribution in [0.4, 0.5) is 17.6 Å². The Morgan fingerprint density at radius 1 is 1.15 bits per heavy atom. The summed E-state index contributed by atoms with van der Waals surface area (Å²) < 4.78 is 52.3. The highest BCUT2D eigenvalue weighted by molar-refractivity contribution is 6.30. The first-order valence-corrected chi connectivity index (χ1v) is 7.00. The van der Waals surface area contributed by atoms with E-state index in [1.165, 1.54) is 0 Å². The third-order valence-corrected chi connectivity index (χ3v) is 4.18. The predicted octanol–water partition coefficient (Wildman–Crippen LogP) is 5.08. The minimum atomic E-state index is -4.56. The van der Waals surface area contributed by atoms with Crippen LogP contribution in [0, 0.1) is 11.7 Å². The fourth-order valence-electron chi connectivity index (χ4n) is 2.76. The summed E-state index contributed by atoms with van der Waals surface area (Å²) in [6.45, 7) is 0. The van der Waals surface area contributed by atoms with Gasteiger partial charge in [0.15, 0.2) is 0 Å². The van der Waals surface area contributed by atoms with E-state index in [0.717, 1.165) is 38.2 Å². The molecule has 1 nitrogen and oxygen atoms in total. The van der Waals surface area contributed by atoms with E-state index in [0.29, 0.717) is 6.07 Å². The highest BCUT2D eigenvalue weighted by atomic mass is 35.5. The molecule has 6 heteroatoms. The van der Waals surface area contributed by atoms with E-state index in [1.807, 2.05) is 0 Å². The van der Waals surface area contributed by atoms with E-state index in [1.54, 1.807) is 0 Å². The van der Waals surface area contributed by atoms with E-state index in [4.69, 9.17) is 17.3 Å². The van der Waals surface area contributed by atoms with Gasteiger partial charge in [-0.25, -0.2) is 4.39 Å². The first-order valence-electron chi connectivity index (χ1n) is 6.62. The predicted molar refractivity (Wildman–Crippen MR) is 69.9 cm³/mol. The highest BCUT2D eigenvalue weighted by Gasteiger charge is 2.34. The second-order valence-corrected chi connectivity index (χ2v) is 5.69. The van der Waals surface area contributed by atoms with Gasteiger partial charge in [-0.1, -0.05) is 30.9 Å². The normalized spacial score (nSPS) is 19.1. The smallest absolute Gasteiger partial charge is 0.324 e. The number of halogens is 5. The highest BCUT2D eigenvalue weighted by Crippen LogP contribution is 2.39. The van der Waals surface area contributed by atoms with Crippen LogP contribution in [0.2, 0.25) is 5.02 Å². The molecule has 0 saturated heterocycles. The van der Waals surface area contributed by atoms with Crippen LogP contribution >= 0.6 is 11.6 Å². The van der Waals surface area contributed by atoms with Gasteiger partial charge in [0.05, 0.1) is 10.6 Å². The summed E-state index contributed by atoms with van der Waals surface area (Å²) in [6.07, 6.45) is 0.121. The molecule has 1 atom stereocenters. The Labute approximate surface area is 120 Å². The van der Waals surface area contributed by atoms with Gasteiger partial charge in [-0.15, -0.1) is 0 Å². The van der Waals surface area contributed by atoms with Crippen molar-refractivity contribution in [2.24, 2.45) is 11.7 Å². The van der Waals surface area contributed by atoms with Crippen LogP contribution in [0.25, 0.3) is 0 Å². The fraction of sp³-hybridized carbons (Fsp3) is 0.571. The zero-order chi connectivity index (χ0) is 14.9. The fourth-order valence-corrected chi connectivity index (χ4v) is 2.99. The van der Waals surface area contributed by atoms with Crippen molar-refractivity contribution in [2.45, 2.75) is 44.3 Å². The molecule has 1 aromatic carbocycles. The maximum atomic E-state index is 14.0. The summed E-state index contributed by atoms with van der Waals surface area (Å²) in [7, 11) is 0. The van der Waals surface area contributed by atoms with Crippen LogP contribution in [-0.2, 0) is 6.18 Å². The van der Waals surface area contributed by atoms with Crippen molar-refractivity contribution >= 4 is 11.6 Å². The van der Waals surface area contributed by atoms with Crippen molar-refractivity contribution in [3.63, 3.8) is 0 Å². The Kier molecular flexibility index (Phi) is 4.59. The second kappa shape index (κ2) is 5.90. The zero-order valence-corrected chi connectivity index (χ0v) is 11.6. The maximum absolute atomic E-state index is 14.0. The van der Waals surface area contributed by atoms with Gasteiger partial charge in [0.1, 0.15) is 5.82 Å². The molecule has 1 saturated carbocycles. The lowest BCUT2D eigenvalue weighted by atomic mass is 9.81. The van der Waals surface area contributed by atoms with E-state index >= 15 is 0 Å². The van der Waals surface area contributed by atoms with Crippen LogP contribution in [0.15, 0.2) is 12.1 Å². The van der Waals surface area contributed by atoms with E-state index in [-0.39, 0.29) is 11.5 Å². The molecule has 20 heavy (non-hydrogen) atoms. The molecule has 0 radical (unpaired) electrons. The van der Waals surface area contributed by atoms with Gasteiger partial charge in [0.25, 0.3) is 0 Å². The summed E-state index contributed by atoms with van der Waals surface area (Å²) in [6, 6.07) is 0.657. The van der Waals surface area contributed by atoms with E-state index < -0.39 is 28.6 Å². The molecule has 0 heterocycles. The third kappa shape index (κ3) is 3.26. The Morgan fingerprint density at radius 3 is 2.30 bits per heavy atom. The zero-order valence-electron chi connectivity index (χ0n) is 10.8. The molecule has 0 aromatic heterocycles. The molecule has 1 aliphatic rings. The summed E-state index contributed by atoms with van der Waals surface area (Å²) >= 11 is 5.58. The first kappa shape index (κ1) is 15.6. The van der Waals surface area contributed by atoms with Gasteiger partial charge < -0.3 is 5.73 Å². The number of benzene rings is 1. The molecule has 0 spiro atoms. The van der Waals surface area contributed by atoms with Crippen molar-refractivity contribution in [3.8, 4) is 0 Å². The van der Waals surface area contributed by atoms with Crippen LogP contribution in [0.3, 0.4) is 0 Å². The molecule has 1 aliphatic carbocycles. The summed E-state index contributed by atoms with van der Waals surface area (Å²) in [5.74, 6) is -0.824. The first-order chi connectivity index (χ1) is 9.30. The maximum Gasteiger partial charge on any atom is 0.416 e. The quantitative estimate of drug-likeness (QED) is 0.758. The summed E-state index contributed by atoms with van der Waals surface area (Å²) in [4.78, 5) is 0.